The van der Waals surface area contributed by atoms with Gasteiger partial charge in [0.05, 0.1) is 12.2 Å². The molecule has 1 aromatic carbocycles. The molecule has 2 N–H and O–H groups in total. The summed E-state index contributed by atoms with van der Waals surface area (Å²) in [4.78, 5) is 15.2. The summed E-state index contributed by atoms with van der Waals surface area (Å²) < 4.78 is 5.43. The van der Waals surface area contributed by atoms with Crippen molar-refractivity contribution in [3.8, 4) is 5.88 Å². The quantitative estimate of drug-likeness (QED) is 0.784. The fraction of sp³-hybridized carbons (Fsp3) is 0.294. The highest BCUT2D eigenvalue weighted by molar-refractivity contribution is 5.87. The van der Waals surface area contributed by atoms with Crippen molar-refractivity contribution in [1.82, 2.24) is 10.3 Å². The minimum absolute atomic E-state index is 0.304. The number of hydrogen-bond donors (Lipinski definition) is 2. The lowest BCUT2D eigenvalue weighted by Crippen LogP contribution is -2.13. The molecule has 1 heterocycles. The molecule has 0 radical (unpaired) electrons. The number of rotatable bonds is 8. The van der Waals surface area contributed by atoms with Gasteiger partial charge in [0.15, 0.2) is 0 Å². The highest BCUT2D eigenvalue weighted by atomic mass is 16.5. The Morgan fingerprint density at radius 2 is 2.05 bits per heavy atom. The predicted molar refractivity (Wildman–Crippen MR) is 84.0 cm³/mol. The van der Waals surface area contributed by atoms with Gasteiger partial charge < -0.3 is 15.2 Å². The minimum atomic E-state index is -0.909. The van der Waals surface area contributed by atoms with Crippen LogP contribution in [0.4, 0.5) is 0 Å². The average molecular weight is 300 g/mol. The maximum Gasteiger partial charge on any atom is 0.335 e. The lowest BCUT2D eigenvalue weighted by Gasteiger charge is -2.07. The summed E-state index contributed by atoms with van der Waals surface area (Å²) in [6.45, 7) is 4.00. The molecule has 0 fully saturated rings. The third kappa shape index (κ3) is 4.86. The first-order valence-electron chi connectivity index (χ1n) is 7.29. The van der Waals surface area contributed by atoms with Crippen LogP contribution in [0, 0.1) is 0 Å². The summed E-state index contributed by atoms with van der Waals surface area (Å²) in [7, 11) is 0. The van der Waals surface area contributed by atoms with Crippen LogP contribution in [0.5, 0.6) is 5.88 Å². The van der Waals surface area contributed by atoms with Gasteiger partial charge in [-0.2, -0.15) is 0 Å². The van der Waals surface area contributed by atoms with E-state index in [1.54, 1.807) is 24.4 Å². The van der Waals surface area contributed by atoms with E-state index in [-0.39, 0.29) is 0 Å². The van der Waals surface area contributed by atoms with Crippen LogP contribution in [0.25, 0.3) is 0 Å². The Balaban J connectivity index is 1.83. The summed E-state index contributed by atoms with van der Waals surface area (Å²) in [6.07, 6.45) is 2.74. The van der Waals surface area contributed by atoms with E-state index < -0.39 is 5.97 Å². The summed E-state index contributed by atoms with van der Waals surface area (Å²) in [5.41, 5.74) is 2.30. The number of hydrogen-bond acceptors (Lipinski definition) is 4. The number of carbonyl (C=O) groups is 1. The van der Waals surface area contributed by atoms with Crippen molar-refractivity contribution >= 4 is 5.97 Å². The van der Waals surface area contributed by atoms with Crippen LogP contribution >= 0.6 is 0 Å². The minimum Gasteiger partial charge on any atom is -0.478 e. The van der Waals surface area contributed by atoms with Crippen molar-refractivity contribution in [3.05, 3.63) is 59.3 Å². The van der Waals surface area contributed by atoms with Gasteiger partial charge in [0, 0.05) is 25.4 Å². The van der Waals surface area contributed by atoms with E-state index in [4.69, 9.17) is 9.84 Å². The van der Waals surface area contributed by atoms with Crippen LogP contribution in [0.15, 0.2) is 42.6 Å². The molecule has 0 bridgehead atoms. The van der Waals surface area contributed by atoms with E-state index in [9.17, 15) is 4.79 Å². The van der Waals surface area contributed by atoms with Crippen molar-refractivity contribution in [1.29, 1.82) is 0 Å². The summed E-state index contributed by atoms with van der Waals surface area (Å²) >= 11 is 0. The first kappa shape index (κ1) is 16.0. The molecule has 0 aliphatic carbocycles. The highest BCUT2D eigenvalue weighted by Crippen LogP contribution is 2.09. The molecular weight excluding hydrogens is 280 g/mol. The number of nitrogens with zero attached hydrogens (tertiary/aromatic N) is 1. The first-order valence-corrected chi connectivity index (χ1v) is 7.29. The average Bonchev–Trinajstić information content (AvgIpc) is 2.54. The van der Waals surface area contributed by atoms with E-state index in [2.05, 4.69) is 17.2 Å². The van der Waals surface area contributed by atoms with Gasteiger partial charge in [0.25, 0.3) is 0 Å². The number of ether oxygens (including phenoxy) is 1. The van der Waals surface area contributed by atoms with Gasteiger partial charge in [-0.25, -0.2) is 9.78 Å². The summed E-state index contributed by atoms with van der Waals surface area (Å²) in [5, 5.41) is 12.2. The number of benzene rings is 1. The zero-order valence-corrected chi connectivity index (χ0v) is 12.6. The molecule has 116 valence electrons. The number of nitrogens with one attached hydrogen (secondary N) is 1. The van der Waals surface area contributed by atoms with E-state index >= 15 is 0 Å². The first-order chi connectivity index (χ1) is 10.7. The maximum atomic E-state index is 10.9. The molecular formula is C17H20N2O3. The second-order valence-electron chi connectivity index (χ2n) is 4.96. The van der Waals surface area contributed by atoms with Crippen LogP contribution < -0.4 is 10.1 Å². The van der Waals surface area contributed by atoms with Crippen LogP contribution in [-0.4, -0.2) is 22.7 Å². The molecule has 0 atom stereocenters. The largest absolute Gasteiger partial charge is 0.478 e. The van der Waals surface area contributed by atoms with Gasteiger partial charge in [-0.05, 0) is 29.7 Å². The zero-order chi connectivity index (χ0) is 15.8. The fourth-order valence-electron chi connectivity index (χ4n) is 1.97. The van der Waals surface area contributed by atoms with Crippen LogP contribution in [-0.2, 0) is 13.1 Å². The molecule has 0 aliphatic rings. The Morgan fingerprint density at radius 3 is 2.73 bits per heavy atom. The molecule has 0 unspecified atom stereocenters. The number of pyridine rings is 1. The zero-order valence-electron chi connectivity index (χ0n) is 12.6. The fourth-order valence-corrected chi connectivity index (χ4v) is 1.97. The predicted octanol–water partition coefficient (Wildman–Crippen LogP) is 2.86. The molecule has 0 aliphatic heterocycles. The topological polar surface area (TPSA) is 71.5 Å². The second-order valence-corrected chi connectivity index (χ2v) is 4.96. The molecule has 2 rings (SSSR count). The highest BCUT2D eigenvalue weighted by Gasteiger charge is 2.03. The van der Waals surface area contributed by atoms with Crippen molar-refractivity contribution in [2.24, 2.45) is 0 Å². The lowest BCUT2D eigenvalue weighted by molar-refractivity contribution is 0.0696. The monoisotopic (exact) mass is 300 g/mol. The number of aromatic nitrogens is 1. The molecule has 1 aromatic heterocycles. The Morgan fingerprint density at radius 1 is 1.23 bits per heavy atom. The Labute approximate surface area is 130 Å². The van der Waals surface area contributed by atoms with Crippen molar-refractivity contribution in [2.45, 2.75) is 26.4 Å². The number of aromatic carboxylic acids is 1. The van der Waals surface area contributed by atoms with Gasteiger partial charge in [-0.1, -0.05) is 25.1 Å². The summed E-state index contributed by atoms with van der Waals surface area (Å²) in [5.74, 6) is -0.270. The van der Waals surface area contributed by atoms with Gasteiger partial charge in [-0.15, -0.1) is 0 Å². The van der Waals surface area contributed by atoms with Gasteiger partial charge >= 0.3 is 5.97 Å². The smallest absolute Gasteiger partial charge is 0.335 e. The van der Waals surface area contributed by atoms with Crippen molar-refractivity contribution in [2.75, 3.05) is 6.61 Å². The number of carboxylic acids is 1. The SMILES string of the molecule is CCCOc1ccc(CNCc2cccc(C(=O)O)c2)cn1. The molecule has 0 amide bonds. The van der Waals surface area contributed by atoms with E-state index in [1.165, 1.54) is 0 Å². The molecule has 2 aromatic rings. The summed E-state index contributed by atoms with van der Waals surface area (Å²) in [6, 6.07) is 10.7. The molecule has 5 heteroatoms. The molecule has 0 spiro atoms. The third-order valence-corrected chi connectivity index (χ3v) is 3.08. The normalized spacial score (nSPS) is 10.4. The van der Waals surface area contributed by atoms with Crippen LogP contribution in [0.1, 0.15) is 34.8 Å². The van der Waals surface area contributed by atoms with Crippen LogP contribution in [0.3, 0.4) is 0 Å². The van der Waals surface area contributed by atoms with Crippen LogP contribution in [0.2, 0.25) is 0 Å². The van der Waals surface area contributed by atoms with Gasteiger partial charge in [0.1, 0.15) is 0 Å². The van der Waals surface area contributed by atoms with E-state index in [1.807, 2.05) is 18.2 Å². The lowest BCUT2D eigenvalue weighted by atomic mass is 10.1. The van der Waals surface area contributed by atoms with E-state index in [0.29, 0.717) is 31.1 Å². The standard InChI is InChI=1S/C17H20N2O3/c1-2-8-22-16-7-6-14(12-19-16)11-18-10-13-4-3-5-15(9-13)17(20)21/h3-7,9,12,18H,2,8,10-11H2,1H3,(H,20,21). The molecule has 22 heavy (non-hydrogen) atoms. The second kappa shape index (κ2) is 8.14. The maximum absolute atomic E-state index is 10.9. The Hall–Kier alpha value is -2.40. The number of carboxylic acid groups (broad SMARTS) is 1. The Bertz CT molecular complexity index is 612. The van der Waals surface area contributed by atoms with Gasteiger partial charge in [0.2, 0.25) is 5.88 Å². The molecule has 0 saturated carbocycles. The third-order valence-electron chi connectivity index (χ3n) is 3.08. The molecule has 5 nitrogen and oxygen atoms in total. The van der Waals surface area contributed by atoms with Crippen molar-refractivity contribution in [3.63, 3.8) is 0 Å². The van der Waals surface area contributed by atoms with E-state index in [0.717, 1.165) is 17.5 Å². The van der Waals surface area contributed by atoms with Crippen molar-refractivity contribution < 1.29 is 14.6 Å². The van der Waals surface area contributed by atoms with Gasteiger partial charge in [-0.3, -0.25) is 0 Å². The Kier molecular flexibility index (Phi) is 5.91. The molecule has 0 saturated heterocycles.